The van der Waals surface area contributed by atoms with E-state index in [0.717, 1.165) is 6.08 Å². The van der Waals surface area contributed by atoms with Crippen molar-refractivity contribution in [2.24, 2.45) is 0 Å². The maximum absolute atomic E-state index is 10.6. The molecule has 0 saturated carbocycles. The van der Waals surface area contributed by atoms with E-state index in [0.29, 0.717) is 12.2 Å². The van der Waals surface area contributed by atoms with Crippen LogP contribution >= 0.6 is 0 Å². The van der Waals surface area contributed by atoms with Gasteiger partial charge in [-0.25, -0.2) is 9.59 Å². The van der Waals surface area contributed by atoms with Gasteiger partial charge in [0, 0.05) is 18.3 Å². The van der Waals surface area contributed by atoms with Gasteiger partial charge >= 0.3 is 11.9 Å². The van der Waals surface area contributed by atoms with E-state index in [2.05, 4.69) is 17.9 Å². The summed E-state index contributed by atoms with van der Waals surface area (Å²) in [5.41, 5.74) is 0.389. The molecule has 0 rings (SSSR count). The van der Waals surface area contributed by atoms with E-state index in [1.165, 1.54) is 0 Å². The maximum atomic E-state index is 10.6. The monoisotopic (exact) mass is 216 g/mol. The van der Waals surface area contributed by atoms with E-state index >= 15 is 0 Å². The van der Waals surface area contributed by atoms with E-state index in [-0.39, 0.29) is 6.79 Å². The third-order valence-electron chi connectivity index (χ3n) is 1.00. The molecule has 15 heavy (non-hydrogen) atoms. The van der Waals surface area contributed by atoms with Crippen LogP contribution in [0, 0.1) is 0 Å². The van der Waals surface area contributed by atoms with Crippen molar-refractivity contribution in [2.45, 2.75) is 13.8 Å². The molecule has 0 unspecified atom stereocenters. The highest BCUT2D eigenvalue weighted by molar-refractivity contribution is 5.86. The Kier molecular flexibility index (Phi) is 11.0. The fourth-order valence-corrected chi connectivity index (χ4v) is 0.302. The molecule has 0 aliphatic rings. The number of ether oxygens (including phenoxy) is 2. The summed E-state index contributed by atoms with van der Waals surface area (Å²) in [5, 5.41) is 7.60. The second-order valence-corrected chi connectivity index (χ2v) is 2.37. The summed E-state index contributed by atoms with van der Waals surface area (Å²) in [6.45, 7) is 10.3. The number of esters is 1. The SMILES string of the molecule is C=C(C)C(=O)OCOCC.C=CC(=O)O. The van der Waals surface area contributed by atoms with Crippen molar-refractivity contribution in [1.82, 2.24) is 0 Å². The van der Waals surface area contributed by atoms with E-state index in [4.69, 9.17) is 9.84 Å². The van der Waals surface area contributed by atoms with Gasteiger partial charge < -0.3 is 14.6 Å². The summed E-state index contributed by atoms with van der Waals surface area (Å²) in [4.78, 5) is 19.9. The quantitative estimate of drug-likeness (QED) is 0.325. The van der Waals surface area contributed by atoms with Gasteiger partial charge in [0.1, 0.15) is 0 Å². The minimum Gasteiger partial charge on any atom is -0.478 e. The van der Waals surface area contributed by atoms with Crippen molar-refractivity contribution in [3.8, 4) is 0 Å². The van der Waals surface area contributed by atoms with Crippen molar-refractivity contribution in [3.05, 3.63) is 24.8 Å². The number of carbonyl (C=O) groups is 2. The van der Waals surface area contributed by atoms with Crippen LogP contribution in [0.15, 0.2) is 24.8 Å². The summed E-state index contributed by atoms with van der Waals surface area (Å²) in [6.07, 6.45) is 0.833. The first-order chi connectivity index (χ1) is 6.95. The minimum absolute atomic E-state index is 0.0161. The van der Waals surface area contributed by atoms with Crippen LogP contribution in [0.1, 0.15) is 13.8 Å². The van der Waals surface area contributed by atoms with E-state index in [1.54, 1.807) is 6.92 Å². The molecule has 0 spiro atoms. The van der Waals surface area contributed by atoms with Crippen LogP contribution in [0.25, 0.3) is 0 Å². The predicted octanol–water partition coefficient (Wildman–Crippen LogP) is 1.36. The van der Waals surface area contributed by atoms with E-state index < -0.39 is 11.9 Å². The lowest BCUT2D eigenvalue weighted by Gasteiger charge is -2.02. The first kappa shape index (κ1) is 15.8. The van der Waals surface area contributed by atoms with Gasteiger partial charge in [0.25, 0.3) is 0 Å². The summed E-state index contributed by atoms with van der Waals surface area (Å²) in [5.74, 6) is -1.39. The van der Waals surface area contributed by atoms with Crippen LogP contribution in [0.4, 0.5) is 0 Å². The topological polar surface area (TPSA) is 72.8 Å². The number of aliphatic carboxylic acids is 1. The summed E-state index contributed by atoms with van der Waals surface area (Å²) >= 11 is 0. The van der Waals surface area contributed by atoms with Crippen LogP contribution in [0.3, 0.4) is 0 Å². The average Bonchev–Trinajstić information content (AvgIpc) is 2.18. The Bertz CT molecular complexity index is 232. The van der Waals surface area contributed by atoms with Crippen LogP contribution in [0.5, 0.6) is 0 Å². The van der Waals surface area contributed by atoms with Gasteiger partial charge in [-0.2, -0.15) is 0 Å². The zero-order valence-corrected chi connectivity index (χ0v) is 8.99. The second-order valence-electron chi connectivity index (χ2n) is 2.37. The normalized spacial score (nSPS) is 8.13. The zero-order valence-electron chi connectivity index (χ0n) is 8.99. The molecule has 0 aliphatic carbocycles. The third-order valence-corrected chi connectivity index (χ3v) is 1.00. The molecule has 0 heterocycles. The van der Waals surface area contributed by atoms with Crippen LogP contribution < -0.4 is 0 Å². The Hall–Kier alpha value is -1.62. The standard InChI is InChI=1S/C7H12O3.C3H4O2/c1-4-9-5-10-7(8)6(2)3;1-2-3(4)5/h2,4-5H2,1,3H3;2H,1H2,(H,4,5). The number of hydrogen-bond acceptors (Lipinski definition) is 4. The number of carboxylic acids is 1. The molecule has 0 bridgehead atoms. The molecular weight excluding hydrogens is 200 g/mol. The molecule has 5 nitrogen and oxygen atoms in total. The first-order valence-corrected chi connectivity index (χ1v) is 4.21. The highest BCUT2D eigenvalue weighted by atomic mass is 16.7. The van der Waals surface area contributed by atoms with Gasteiger partial charge in [-0.1, -0.05) is 13.2 Å². The highest BCUT2D eigenvalue weighted by Gasteiger charge is 2.00. The van der Waals surface area contributed by atoms with Crippen molar-refractivity contribution in [3.63, 3.8) is 0 Å². The average molecular weight is 216 g/mol. The molecule has 5 heteroatoms. The zero-order chi connectivity index (χ0) is 12.3. The Morgan fingerprint density at radius 2 is 1.93 bits per heavy atom. The Morgan fingerprint density at radius 1 is 1.47 bits per heavy atom. The van der Waals surface area contributed by atoms with Crippen LogP contribution in [0.2, 0.25) is 0 Å². The Balaban J connectivity index is 0. The first-order valence-electron chi connectivity index (χ1n) is 4.21. The smallest absolute Gasteiger partial charge is 0.335 e. The van der Waals surface area contributed by atoms with Gasteiger partial charge in [-0.3, -0.25) is 0 Å². The Morgan fingerprint density at radius 3 is 2.20 bits per heavy atom. The van der Waals surface area contributed by atoms with E-state index in [9.17, 15) is 9.59 Å². The van der Waals surface area contributed by atoms with Gasteiger partial charge in [-0.05, 0) is 13.8 Å². The molecule has 0 aromatic rings. The number of carboxylic acid groups (broad SMARTS) is 1. The number of rotatable bonds is 5. The fraction of sp³-hybridized carbons (Fsp3) is 0.400. The van der Waals surface area contributed by atoms with Gasteiger partial charge in [0.05, 0.1) is 0 Å². The van der Waals surface area contributed by atoms with Gasteiger partial charge in [0.15, 0.2) is 6.79 Å². The fourth-order valence-electron chi connectivity index (χ4n) is 0.302. The molecule has 0 aromatic carbocycles. The predicted molar refractivity (Wildman–Crippen MR) is 55.2 cm³/mol. The molecule has 86 valence electrons. The third kappa shape index (κ3) is 15.2. The van der Waals surface area contributed by atoms with Crippen molar-refractivity contribution in [2.75, 3.05) is 13.4 Å². The summed E-state index contributed by atoms with van der Waals surface area (Å²) in [7, 11) is 0. The summed E-state index contributed by atoms with van der Waals surface area (Å²) < 4.78 is 9.35. The lowest BCUT2D eigenvalue weighted by atomic mass is 10.4. The second kappa shape index (κ2) is 10.5. The molecule has 0 saturated heterocycles. The number of hydrogen-bond donors (Lipinski definition) is 1. The molecule has 0 aliphatic heterocycles. The lowest BCUT2D eigenvalue weighted by molar-refractivity contribution is -0.150. The largest absolute Gasteiger partial charge is 0.478 e. The summed E-state index contributed by atoms with van der Waals surface area (Å²) in [6, 6.07) is 0. The van der Waals surface area contributed by atoms with Crippen LogP contribution in [-0.2, 0) is 19.1 Å². The van der Waals surface area contributed by atoms with Crippen molar-refractivity contribution >= 4 is 11.9 Å². The van der Waals surface area contributed by atoms with Crippen LogP contribution in [-0.4, -0.2) is 30.4 Å². The highest BCUT2D eigenvalue weighted by Crippen LogP contribution is 1.91. The molecule has 0 fully saturated rings. The minimum atomic E-state index is -0.981. The number of carbonyl (C=O) groups excluding carboxylic acids is 1. The molecule has 0 amide bonds. The maximum Gasteiger partial charge on any atom is 0.335 e. The van der Waals surface area contributed by atoms with Gasteiger partial charge in [-0.15, -0.1) is 0 Å². The Labute approximate surface area is 89.0 Å². The molecule has 1 N–H and O–H groups in total. The molecule has 0 radical (unpaired) electrons. The van der Waals surface area contributed by atoms with Crippen molar-refractivity contribution in [1.29, 1.82) is 0 Å². The molecule has 0 aromatic heterocycles. The lowest BCUT2D eigenvalue weighted by Crippen LogP contribution is -2.08. The molecular formula is C10H16O5. The van der Waals surface area contributed by atoms with E-state index in [1.807, 2.05) is 6.92 Å². The molecule has 0 atom stereocenters. The van der Waals surface area contributed by atoms with Gasteiger partial charge in [0.2, 0.25) is 0 Å². The van der Waals surface area contributed by atoms with Crippen molar-refractivity contribution < 1.29 is 24.2 Å².